The smallest absolute Gasteiger partial charge is 0.333 e. The largest absolute Gasteiger partial charge is 0.487 e. The minimum Gasteiger partial charge on any atom is -0.487 e. The van der Waals surface area contributed by atoms with E-state index in [4.69, 9.17) is 4.74 Å². The molecule has 8 heteroatoms. The van der Waals surface area contributed by atoms with Gasteiger partial charge in [-0.3, -0.25) is 10.1 Å². The molecule has 2 rings (SSSR count). The van der Waals surface area contributed by atoms with E-state index >= 15 is 0 Å². The molecule has 1 aromatic carbocycles. The van der Waals surface area contributed by atoms with Gasteiger partial charge in [0.25, 0.3) is 0 Å². The van der Waals surface area contributed by atoms with Crippen LogP contribution in [0.15, 0.2) is 18.2 Å². The lowest BCUT2D eigenvalue weighted by Crippen LogP contribution is -2.16. The molecule has 1 aromatic rings. The van der Waals surface area contributed by atoms with Gasteiger partial charge in [0.05, 0.1) is 23.0 Å². The molecule has 0 spiro atoms. The fourth-order valence-electron chi connectivity index (χ4n) is 2.41. The molecule has 0 aromatic heterocycles. The molecule has 1 unspecified atom stereocenters. The molecule has 116 valence electrons. The second kappa shape index (κ2) is 6.30. The van der Waals surface area contributed by atoms with Gasteiger partial charge in [-0.2, -0.15) is 0 Å². The Hall–Kier alpha value is -1.83. The molecule has 0 amide bonds. The Labute approximate surface area is 123 Å². The van der Waals surface area contributed by atoms with Crippen molar-refractivity contribution in [1.82, 2.24) is 0 Å². The molecule has 1 N–H and O–H groups in total. The molecule has 21 heavy (non-hydrogen) atoms. The average molecular weight is 314 g/mol. The second-order valence-corrected chi connectivity index (χ2v) is 7.22. The van der Waals surface area contributed by atoms with E-state index in [1.807, 2.05) is 0 Å². The van der Waals surface area contributed by atoms with Gasteiger partial charge < -0.3 is 10.1 Å². The van der Waals surface area contributed by atoms with Crippen LogP contribution in [0.25, 0.3) is 0 Å². The predicted octanol–water partition coefficient (Wildman–Crippen LogP) is 1.84. The first-order chi connectivity index (χ1) is 9.93. The van der Waals surface area contributed by atoms with Gasteiger partial charge in [-0.05, 0) is 31.4 Å². The number of anilines is 1. The van der Waals surface area contributed by atoms with Crippen LogP contribution in [0.3, 0.4) is 0 Å². The number of sulfone groups is 1. The summed E-state index contributed by atoms with van der Waals surface area (Å²) in [6, 6.07) is 4.82. The van der Waals surface area contributed by atoms with Gasteiger partial charge in [-0.15, -0.1) is 0 Å². The second-order valence-electron chi connectivity index (χ2n) is 4.99. The van der Waals surface area contributed by atoms with Crippen LogP contribution in [0.1, 0.15) is 13.3 Å². The molecule has 0 saturated carbocycles. The molecule has 0 aliphatic carbocycles. The lowest BCUT2D eigenvalue weighted by atomic mass is 10.1. The number of nitrogens with one attached hydrogen (secondary N) is 1. The Kier molecular flexibility index (Phi) is 4.66. The summed E-state index contributed by atoms with van der Waals surface area (Å²) in [5.74, 6) is 0.538. The fraction of sp³-hybridized carbons (Fsp3) is 0.538. The average Bonchev–Trinajstić information content (AvgIpc) is 2.76. The SMILES string of the molecule is CCOc1cccc(NCC2CCS(=O)(=O)C2)c1[N+](=O)[O-]. The molecule has 1 aliphatic heterocycles. The summed E-state index contributed by atoms with van der Waals surface area (Å²) in [5, 5.41) is 14.2. The molecular weight excluding hydrogens is 296 g/mol. The van der Waals surface area contributed by atoms with Crippen molar-refractivity contribution in [3.05, 3.63) is 28.3 Å². The Balaban J connectivity index is 2.13. The number of nitro groups is 1. The summed E-state index contributed by atoms with van der Waals surface area (Å²) in [7, 11) is -2.94. The Morgan fingerprint density at radius 2 is 2.24 bits per heavy atom. The van der Waals surface area contributed by atoms with Gasteiger partial charge in [0.1, 0.15) is 5.69 Å². The number of para-hydroxylation sites is 1. The van der Waals surface area contributed by atoms with E-state index in [2.05, 4.69) is 5.32 Å². The highest BCUT2D eigenvalue weighted by molar-refractivity contribution is 7.91. The molecule has 0 radical (unpaired) electrons. The van der Waals surface area contributed by atoms with Crippen molar-refractivity contribution in [2.24, 2.45) is 5.92 Å². The van der Waals surface area contributed by atoms with Crippen LogP contribution in [-0.4, -0.2) is 38.0 Å². The van der Waals surface area contributed by atoms with E-state index in [1.165, 1.54) is 0 Å². The lowest BCUT2D eigenvalue weighted by molar-refractivity contribution is -0.384. The van der Waals surface area contributed by atoms with Crippen molar-refractivity contribution in [1.29, 1.82) is 0 Å². The number of hydrogen-bond donors (Lipinski definition) is 1. The van der Waals surface area contributed by atoms with Crippen LogP contribution in [0.5, 0.6) is 5.75 Å². The highest BCUT2D eigenvalue weighted by Crippen LogP contribution is 2.35. The van der Waals surface area contributed by atoms with E-state index in [0.29, 0.717) is 25.3 Å². The monoisotopic (exact) mass is 314 g/mol. The van der Waals surface area contributed by atoms with Crippen LogP contribution < -0.4 is 10.1 Å². The molecule has 1 heterocycles. The van der Waals surface area contributed by atoms with Crippen molar-refractivity contribution in [3.8, 4) is 5.75 Å². The minimum atomic E-state index is -2.94. The number of nitro benzene ring substituents is 1. The van der Waals surface area contributed by atoms with Gasteiger partial charge in [0, 0.05) is 6.54 Å². The summed E-state index contributed by atoms with van der Waals surface area (Å²) in [6.45, 7) is 2.49. The number of hydrogen-bond acceptors (Lipinski definition) is 6. The van der Waals surface area contributed by atoms with Crippen molar-refractivity contribution >= 4 is 21.2 Å². The maximum absolute atomic E-state index is 11.4. The fourth-order valence-corrected chi connectivity index (χ4v) is 4.27. The van der Waals surface area contributed by atoms with E-state index in [1.54, 1.807) is 25.1 Å². The highest BCUT2D eigenvalue weighted by atomic mass is 32.2. The van der Waals surface area contributed by atoms with Gasteiger partial charge in [0.15, 0.2) is 15.6 Å². The first-order valence-electron chi connectivity index (χ1n) is 6.77. The summed E-state index contributed by atoms with van der Waals surface area (Å²) in [5.41, 5.74) is 0.246. The molecule has 1 saturated heterocycles. The van der Waals surface area contributed by atoms with Crippen molar-refractivity contribution in [3.63, 3.8) is 0 Å². The third-order valence-electron chi connectivity index (χ3n) is 3.39. The maximum Gasteiger partial charge on any atom is 0.333 e. The quantitative estimate of drug-likeness (QED) is 0.635. The van der Waals surface area contributed by atoms with Crippen LogP contribution in [-0.2, 0) is 9.84 Å². The van der Waals surface area contributed by atoms with Crippen molar-refractivity contribution in [2.75, 3.05) is 30.0 Å². The number of rotatable bonds is 6. The Morgan fingerprint density at radius 1 is 1.48 bits per heavy atom. The van der Waals surface area contributed by atoms with Crippen LogP contribution in [0, 0.1) is 16.0 Å². The molecule has 0 bridgehead atoms. The summed E-state index contributed by atoms with van der Waals surface area (Å²) >= 11 is 0. The standard InChI is InChI=1S/C13H18N2O5S/c1-2-20-12-5-3-4-11(13(12)15(16)17)14-8-10-6-7-21(18,19)9-10/h3-5,10,14H,2,6-9H2,1H3. The third kappa shape index (κ3) is 3.84. The zero-order valence-corrected chi connectivity index (χ0v) is 12.6. The Bertz CT molecular complexity index is 629. The number of nitrogens with zero attached hydrogens (tertiary/aromatic N) is 1. The van der Waals surface area contributed by atoms with Crippen molar-refractivity contribution in [2.45, 2.75) is 13.3 Å². The Morgan fingerprint density at radius 3 is 2.81 bits per heavy atom. The molecule has 1 atom stereocenters. The predicted molar refractivity (Wildman–Crippen MR) is 79.5 cm³/mol. The van der Waals surface area contributed by atoms with Crippen LogP contribution in [0.4, 0.5) is 11.4 Å². The van der Waals surface area contributed by atoms with Crippen LogP contribution >= 0.6 is 0 Å². The van der Waals surface area contributed by atoms with Crippen LogP contribution in [0.2, 0.25) is 0 Å². The summed E-state index contributed by atoms with van der Waals surface area (Å²) < 4.78 is 28.1. The van der Waals surface area contributed by atoms with Gasteiger partial charge in [-0.25, -0.2) is 8.42 Å². The number of benzene rings is 1. The maximum atomic E-state index is 11.4. The normalized spacial score (nSPS) is 20.1. The zero-order chi connectivity index (χ0) is 15.5. The summed E-state index contributed by atoms with van der Waals surface area (Å²) in [6.07, 6.45) is 0.592. The molecule has 1 aliphatic rings. The molecule has 7 nitrogen and oxygen atoms in total. The lowest BCUT2D eigenvalue weighted by Gasteiger charge is -2.13. The van der Waals surface area contributed by atoms with Crippen molar-refractivity contribution < 1.29 is 18.1 Å². The third-order valence-corrected chi connectivity index (χ3v) is 5.23. The van der Waals surface area contributed by atoms with Gasteiger partial charge in [0.2, 0.25) is 0 Å². The molecular formula is C13H18N2O5S. The first-order valence-corrected chi connectivity index (χ1v) is 8.59. The first kappa shape index (κ1) is 15.6. The van der Waals surface area contributed by atoms with E-state index in [9.17, 15) is 18.5 Å². The number of ether oxygens (including phenoxy) is 1. The van der Waals surface area contributed by atoms with E-state index in [0.717, 1.165) is 0 Å². The minimum absolute atomic E-state index is 0.00893. The highest BCUT2D eigenvalue weighted by Gasteiger charge is 2.28. The van der Waals surface area contributed by atoms with Gasteiger partial charge in [-0.1, -0.05) is 6.07 Å². The summed E-state index contributed by atoms with van der Waals surface area (Å²) in [4.78, 5) is 10.7. The van der Waals surface area contributed by atoms with E-state index in [-0.39, 0.29) is 28.9 Å². The topological polar surface area (TPSA) is 98.5 Å². The zero-order valence-electron chi connectivity index (χ0n) is 11.7. The molecule has 1 fully saturated rings. The van der Waals surface area contributed by atoms with Gasteiger partial charge >= 0.3 is 5.69 Å². The van der Waals surface area contributed by atoms with E-state index < -0.39 is 14.8 Å².